The first-order chi connectivity index (χ1) is 9.79. The molecule has 1 aromatic carbocycles. The van der Waals surface area contributed by atoms with Gasteiger partial charge in [0, 0.05) is 16.7 Å². The van der Waals surface area contributed by atoms with E-state index in [9.17, 15) is 13.2 Å². The number of carbonyl (C=O) groups excluding carboxylic acids is 1. The number of amides is 1. The molecule has 0 saturated heterocycles. The van der Waals surface area contributed by atoms with Crippen LogP contribution in [0.5, 0.6) is 5.75 Å². The average molecular weight is 332 g/mol. The van der Waals surface area contributed by atoms with Gasteiger partial charge in [0.2, 0.25) is 5.91 Å². The normalized spacial score (nSPS) is 21.5. The Morgan fingerprint density at radius 2 is 2.10 bits per heavy atom. The Balaban J connectivity index is 2.08. The van der Waals surface area contributed by atoms with Crippen molar-refractivity contribution in [3.63, 3.8) is 0 Å². The van der Waals surface area contributed by atoms with Crippen molar-refractivity contribution in [3.8, 4) is 5.75 Å². The highest BCUT2D eigenvalue weighted by atomic mass is 35.7. The highest BCUT2D eigenvalue weighted by molar-refractivity contribution is 8.13. The molecule has 7 heteroatoms. The molecule has 0 aromatic heterocycles. The number of halogens is 1. The minimum Gasteiger partial charge on any atom is -0.495 e. The molecular formula is C14H18ClNO4S. The molecule has 2 rings (SSSR count). The molecule has 1 amide bonds. The number of rotatable bonds is 5. The maximum Gasteiger partial charge on any atom is 0.264 e. The number of methoxy groups -OCH3 is 1. The van der Waals surface area contributed by atoms with Crippen LogP contribution in [0, 0.1) is 5.92 Å². The molecule has 5 nitrogen and oxygen atoms in total. The Morgan fingerprint density at radius 3 is 2.62 bits per heavy atom. The summed E-state index contributed by atoms with van der Waals surface area (Å²) < 4.78 is 28.0. The van der Waals surface area contributed by atoms with E-state index in [0.717, 1.165) is 12.8 Å². The third-order valence-electron chi connectivity index (χ3n) is 3.59. The van der Waals surface area contributed by atoms with Gasteiger partial charge in [0.1, 0.15) is 10.6 Å². The van der Waals surface area contributed by atoms with E-state index in [1.165, 1.54) is 19.2 Å². The van der Waals surface area contributed by atoms with Crippen LogP contribution in [0.2, 0.25) is 0 Å². The Kier molecular flexibility index (Phi) is 4.78. The second-order valence-corrected chi connectivity index (χ2v) is 7.98. The first-order valence-electron chi connectivity index (χ1n) is 6.70. The summed E-state index contributed by atoms with van der Waals surface area (Å²) in [5, 5.41) is 2.93. The highest BCUT2D eigenvalue weighted by Gasteiger charge is 2.26. The standard InChI is InChI=1S/C14H18ClNO4S/c1-9-5-11(6-9)16-14(17)8-10-3-4-12(20-2)13(7-10)21(15,18)19/h3-4,7,9,11H,5-6,8H2,1-2H3,(H,16,17). The second-order valence-electron chi connectivity index (χ2n) is 5.44. The molecule has 21 heavy (non-hydrogen) atoms. The first kappa shape index (κ1) is 16.1. The summed E-state index contributed by atoms with van der Waals surface area (Å²) in [6, 6.07) is 4.78. The summed E-state index contributed by atoms with van der Waals surface area (Å²) in [6.07, 6.45) is 2.11. The molecule has 0 radical (unpaired) electrons. The van der Waals surface area contributed by atoms with Crippen molar-refractivity contribution in [3.05, 3.63) is 23.8 Å². The molecule has 0 spiro atoms. The predicted octanol–water partition coefficient (Wildman–Crippen LogP) is 2.08. The lowest BCUT2D eigenvalue weighted by Crippen LogP contribution is -2.44. The molecule has 0 aliphatic heterocycles. The summed E-state index contributed by atoms with van der Waals surface area (Å²) in [4.78, 5) is 11.8. The quantitative estimate of drug-likeness (QED) is 0.838. The summed E-state index contributed by atoms with van der Waals surface area (Å²) in [6.45, 7) is 2.14. The SMILES string of the molecule is COc1ccc(CC(=O)NC2CC(C)C2)cc1S(=O)(=O)Cl. The number of benzene rings is 1. The van der Waals surface area contributed by atoms with Gasteiger partial charge in [0.25, 0.3) is 9.05 Å². The summed E-state index contributed by atoms with van der Waals surface area (Å²) in [5.41, 5.74) is 0.583. The molecule has 116 valence electrons. The minimum absolute atomic E-state index is 0.116. The summed E-state index contributed by atoms with van der Waals surface area (Å²) in [7, 11) is 2.83. The third-order valence-corrected chi connectivity index (χ3v) is 4.94. The Labute approximate surface area is 129 Å². The van der Waals surface area contributed by atoms with Gasteiger partial charge in [-0.2, -0.15) is 0 Å². The van der Waals surface area contributed by atoms with Gasteiger partial charge in [-0.25, -0.2) is 8.42 Å². The van der Waals surface area contributed by atoms with Gasteiger partial charge < -0.3 is 10.1 Å². The molecule has 0 unspecified atom stereocenters. The number of nitrogens with one attached hydrogen (secondary N) is 1. The molecule has 1 aliphatic rings. The predicted molar refractivity (Wildman–Crippen MR) is 80.1 cm³/mol. The fourth-order valence-electron chi connectivity index (χ4n) is 2.51. The number of ether oxygens (including phenoxy) is 1. The number of hydrogen-bond donors (Lipinski definition) is 1. The van der Waals surface area contributed by atoms with Crippen LogP contribution < -0.4 is 10.1 Å². The third kappa shape index (κ3) is 4.11. The Hall–Kier alpha value is -1.27. The van der Waals surface area contributed by atoms with Gasteiger partial charge in [-0.05, 0) is 36.5 Å². The Morgan fingerprint density at radius 1 is 1.43 bits per heavy atom. The average Bonchev–Trinajstić information content (AvgIpc) is 2.35. The molecule has 1 fully saturated rings. The molecule has 0 bridgehead atoms. The minimum atomic E-state index is -3.91. The smallest absolute Gasteiger partial charge is 0.264 e. The zero-order valence-electron chi connectivity index (χ0n) is 11.9. The van der Waals surface area contributed by atoms with E-state index in [-0.39, 0.29) is 29.0 Å². The van der Waals surface area contributed by atoms with E-state index in [2.05, 4.69) is 12.2 Å². The van der Waals surface area contributed by atoms with Crippen LogP contribution in [0.1, 0.15) is 25.3 Å². The van der Waals surface area contributed by atoms with Gasteiger partial charge in [-0.1, -0.05) is 13.0 Å². The lowest BCUT2D eigenvalue weighted by molar-refractivity contribution is -0.121. The largest absolute Gasteiger partial charge is 0.495 e. The molecule has 1 N–H and O–H groups in total. The van der Waals surface area contributed by atoms with Gasteiger partial charge in [-0.15, -0.1) is 0 Å². The second kappa shape index (κ2) is 6.23. The molecule has 1 aliphatic carbocycles. The molecular weight excluding hydrogens is 314 g/mol. The highest BCUT2D eigenvalue weighted by Crippen LogP contribution is 2.28. The van der Waals surface area contributed by atoms with Crippen molar-refractivity contribution in [2.24, 2.45) is 5.92 Å². The van der Waals surface area contributed by atoms with E-state index >= 15 is 0 Å². The lowest BCUT2D eigenvalue weighted by Gasteiger charge is -2.33. The Bertz CT molecular complexity index is 638. The van der Waals surface area contributed by atoms with Crippen LogP contribution in [0.15, 0.2) is 23.1 Å². The van der Waals surface area contributed by atoms with Gasteiger partial charge in [-0.3, -0.25) is 4.79 Å². The maximum atomic E-state index is 11.9. The van der Waals surface area contributed by atoms with Gasteiger partial charge in [0.05, 0.1) is 13.5 Å². The summed E-state index contributed by atoms with van der Waals surface area (Å²) in [5.74, 6) is 0.709. The van der Waals surface area contributed by atoms with Crippen LogP contribution >= 0.6 is 10.7 Å². The fraction of sp³-hybridized carbons (Fsp3) is 0.500. The number of carbonyl (C=O) groups is 1. The van der Waals surface area contributed by atoms with Crippen LogP contribution in [-0.4, -0.2) is 27.5 Å². The van der Waals surface area contributed by atoms with Gasteiger partial charge in [0.15, 0.2) is 0 Å². The first-order valence-corrected chi connectivity index (χ1v) is 9.01. The molecule has 1 saturated carbocycles. The zero-order chi connectivity index (χ0) is 15.6. The van der Waals surface area contributed by atoms with E-state index in [1.807, 2.05) is 0 Å². The van der Waals surface area contributed by atoms with E-state index < -0.39 is 9.05 Å². The van der Waals surface area contributed by atoms with Crippen LogP contribution in [0.25, 0.3) is 0 Å². The lowest BCUT2D eigenvalue weighted by atomic mass is 9.82. The van der Waals surface area contributed by atoms with E-state index in [0.29, 0.717) is 11.5 Å². The van der Waals surface area contributed by atoms with Crippen molar-refractivity contribution < 1.29 is 17.9 Å². The molecule has 0 atom stereocenters. The van der Waals surface area contributed by atoms with Crippen molar-refractivity contribution in [2.75, 3.05) is 7.11 Å². The fourth-order valence-corrected chi connectivity index (χ4v) is 3.55. The monoisotopic (exact) mass is 331 g/mol. The van der Waals surface area contributed by atoms with E-state index in [4.69, 9.17) is 15.4 Å². The van der Waals surface area contributed by atoms with Crippen LogP contribution in [0.4, 0.5) is 0 Å². The topological polar surface area (TPSA) is 72.5 Å². The van der Waals surface area contributed by atoms with Crippen molar-refractivity contribution in [1.29, 1.82) is 0 Å². The van der Waals surface area contributed by atoms with Crippen LogP contribution in [0.3, 0.4) is 0 Å². The summed E-state index contributed by atoms with van der Waals surface area (Å²) >= 11 is 0. The zero-order valence-corrected chi connectivity index (χ0v) is 13.5. The molecule has 0 heterocycles. The van der Waals surface area contributed by atoms with E-state index in [1.54, 1.807) is 6.07 Å². The maximum absolute atomic E-state index is 11.9. The van der Waals surface area contributed by atoms with Crippen LogP contribution in [-0.2, 0) is 20.3 Å². The number of hydrogen-bond acceptors (Lipinski definition) is 4. The van der Waals surface area contributed by atoms with Crippen molar-refractivity contribution >= 4 is 25.6 Å². The van der Waals surface area contributed by atoms with Crippen molar-refractivity contribution in [1.82, 2.24) is 5.32 Å². The molecule has 1 aromatic rings. The van der Waals surface area contributed by atoms with Gasteiger partial charge >= 0.3 is 0 Å². The van der Waals surface area contributed by atoms with Crippen molar-refractivity contribution in [2.45, 2.75) is 37.1 Å².